The number of aromatic nitrogens is 2. The van der Waals surface area contributed by atoms with Gasteiger partial charge in [0.2, 0.25) is 0 Å². The number of aryl methyl sites for hydroxylation is 3. The first kappa shape index (κ1) is 14.8. The summed E-state index contributed by atoms with van der Waals surface area (Å²) in [5.74, 6) is 0.617. The summed E-state index contributed by atoms with van der Waals surface area (Å²) >= 11 is 0. The third kappa shape index (κ3) is 3.47. The lowest BCUT2D eigenvalue weighted by Crippen LogP contribution is -2.73. The van der Waals surface area contributed by atoms with Crippen LogP contribution in [0.3, 0.4) is 0 Å². The molecule has 1 heterocycles. The van der Waals surface area contributed by atoms with Gasteiger partial charge in [-0.3, -0.25) is 10.1 Å². The van der Waals surface area contributed by atoms with Crippen LogP contribution in [-0.4, -0.2) is 15.9 Å². The van der Waals surface area contributed by atoms with Gasteiger partial charge in [0.25, 0.3) is 11.5 Å². The average Bonchev–Trinajstić information content (AvgIpc) is 2.39. The van der Waals surface area contributed by atoms with Crippen LogP contribution in [0.2, 0.25) is 0 Å². The van der Waals surface area contributed by atoms with Gasteiger partial charge in [-0.1, -0.05) is 17.7 Å². The van der Waals surface area contributed by atoms with Crippen LogP contribution in [0.4, 0.5) is 11.6 Å². The Bertz CT molecular complexity index is 761. The Balaban J connectivity index is 2.27. The topological polar surface area (TPSA) is 97.8 Å². The first-order valence-electron chi connectivity index (χ1n) is 6.68. The van der Waals surface area contributed by atoms with Gasteiger partial charge in [-0.2, -0.15) is 0 Å². The van der Waals surface area contributed by atoms with E-state index >= 15 is 0 Å². The van der Waals surface area contributed by atoms with E-state index < -0.39 is 0 Å². The molecule has 0 bridgehead atoms. The SMILES string of the molecule is Cc1ccc(NC(N)=[NH+]c2nc(C)c(C)c(=O)[nH]2)c(C)c1. The van der Waals surface area contributed by atoms with Gasteiger partial charge < -0.3 is 5.73 Å². The largest absolute Gasteiger partial charge is 0.325 e. The Morgan fingerprint density at radius 3 is 2.62 bits per heavy atom. The van der Waals surface area contributed by atoms with E-state index in [4.69, 9.17) is 5.73 Å². The summed E-state index contributed by atoms with van der Waals surface area (Å²) in [6, 6.07) is 6.01. The fraction of sp³-hybridized carbons (Fsp3) is 0.267. The molecule has 0 saturated heterocycles. The maximum absolute atomic E-state index is 11.7. The molecule has 1 aromatic heterocycles. The summed E-state index contributed by atoms with van der Waals surface area (Å²) in [5.41, 5.74) is 10.2. The van der Waals surface area contributed by atoms with Crippen molar-refractivity contribution in [2.75, 3.05) is 5.32 Å². The van der Waals surface area contributed by atoms with E-state index in [1.165, 1.54) is 5.56 Å². The summed E-state index contributed by atoms with van der Waals surface area (Å²) in [5, 5.41) is 3.06. The Kier molecular flexibility index (Phi) is 4.07. The van der Waals surface area contributed by atoms with Crippen LogP contribution in [0, 0.1) is 27.7 Å². The van der Waals surface area contributed by atoms with E-state index in [2.05, 4.69) is 26.3 Å². The van der Waals surface area contributed by atoms with Crippen LogP contribution in [0.15, 0.2) is 23.0 Å². The van der Waals surface area contributed by atoms with E-state index in [1.807, 2.05) is 26.0 Å². The van der Waals surface area contributed by atoms with Crippen LogP contribution in [0.5, 0.6) is 0 Å². The van der Waals surface area contributed by atoms with E-state index in [1.54, 1.807) is 13.8 Å². The predicted octanol–water partition coefficient (Wildman–Crippen LogP) is 0.142. The molecule has 1 aromatic carbocycles. The van der Waals surface area contributed by atoms with E-state index in [0.29, 0.717) is 23.2 Å². The molecule has 0 radical (unpaired) electrons. The zero-order valence-electron chi connectivity index (χ0n) is 12.7. The summed E-state index contributed by atoms with van der Waals surface area (Å²) < 4.78 is 0. The van der Waals surface area contributed by atoms with Gasteiger partial charge in [0.05, 0.1) is 16.9 Å². The molecule has 0 aliphatic carbocycles. The lowest BCUT2D eigenvalue weighted by molar-refractivity contribution is -0.365. The minimum absolute atomic E-state index is 0.177. The maximum Gasteiger partial charge on any atom is 0.325 e. The molecular weight excluding hydrogens is 266 g/mol. The number of hydrogen-bond acceptors (Lipinski definition) is 2. The number of nitrogens with one attached hydrogen (secondary N) is 3. The molecule has 0 aliphatic rings. The van der Waals surface area contributed by atoms with Crippen molar-refractivity contribution in [1.82, 2.24) is 9.97 Å². The zero-order valence-corrected chi connectivity index (χ0v) is 12.7. The summed E-state index contributed by atoms with van der Waals surface area (Å²) in [6.07, 6.45) is 0. The quantitative estimate of drug-likeness (QED) is 0.466. The zero-order chi connectivity index (χ0) is 15.6. The van der Waals surface area contributed by atoms with Crippen LogP contribution in [0.1, 0.15) is 22.4 Å². The molecule has 110 valence electrons. The number of aromatic amines is 1. The van der Waals surface area contributed by atoms with Crippen molar-refractivity contribution in [3.63, 3.8) is 0 Å². The van der Waals surface area contributed by atoms with E-state index in [9.17, 15) is 4.79 Å². The highest BCUT2D eigenvalue weighted by Gasteiger charge is 2.08. The average molecular weight is 286 g/mol. The molecule has 6 nitrogen and oxygen atoms in total. The Labute approximate surface area is 123 Å². The third-order valence-corrected chi connectivity index (χ3v) is 3.30. The number of guanidine groups is 1. The van der Waals surface area contributed by atoms with Crippen LogP contribution < -0.4 is 21.6 Å². The van der Waals surface area contributed by atoms with Gasteiger partial charge in [0.15, 0.2) is 0 Å². The molecule has 21 heavy (non-hydrogen) atoms. The molecular formula is C15H20N5O+. The minimum atomic E-state index is -0.177. The molecule has 0 atom stereocenters. The Morgan fingerprint density at radius 2 is 2.00 bits per heavy atom. The van der Waals surface area contributed by atoms with Gasteiger partial charge in [0.1, 0.15) is 0 Å². The first-order chi connectivity index (χ1) is 9.86. The number of H-pyrrole nitrogens is 1. The molecule has 2 aromatic rings. The van der Waals surface area contributed by atoms with Crippen LogP contribution in [0.25, 0.3) is 0 Å². The lowest BCUT2D eigenvalue weighted by Gasteiger charge is -2.06. The highest BCUT2D eigenvalue weighted by atomic mass is 16.1. The minimum Gasteiger partial charge on any atom is -0.322 e. The van der Waals surface area contributed by atoms with E-state index in [-0.39, 0.29) is 5.56 Å². The van der Waals surface area contributed by atoms with Crippen molar-refractivity contribution in [3.05, 3.63) is 50.9 Å². The highest BCUT2D eigenvalue weighted by Crippen LogP contribution is 2.14. The van der Waals surface area contributed by atoms with Gasteiger partial charge in [-0.25, -0.2) is 9.98 Å². The Hall–Kier alpha value is -2.63. The standard InChI is InChI=1S/C15H19N5O/c1-8-5-6-12(9(2)7-8)18-14(16)20-15-17-11(4)10(3)13(21)19-15/h5-7H,1-4H3,(H4,16,17,18,19,20,21)/p+1. The summed E-state index contributed by atoms with van der Waals surface area (Å²) in [7, 11) is 0. The van der Waals surface area contributed by atoms with Gasteiger partial charge in [-0.05, 0) is 39.3 Å². The fourth-order valence-corrected chi connectivity index (χ4v) is 1.96. The number of nitrogens with zero attached hydrogens (tertiary/aromatic N) is 1. The molecule has 0 aliphatic heterocycles. The van der Waals surface area contributed by atoms with Crippen molar-refractivity contribution in [2.24, 2.45) is 5.73 Å². The first-order valence-corrected chi connectivity index (χ1v) is 6.68. The second kappa shape index (κ2) is 5.78. The molecule has 0 saturated carbocycles. The number of rotatable bonds is 2. The van der Waals surface area contributed by atoms with Gasteiger partial charge in [0, 0.05) is 0 Å². The monoisotopic (exact) mass is 286 g/mol. The van der Waals surface area contributed by atoms with Gasteiger partial charge in [-0.15, -0.1) is 4.98 Å². The van der Waals surface area contributed by atoms with Crippen molar-refractivity contribution in [1.29, 1.82) is 0 Å². The second-order valence-electron chi connectivity index (χ2n) is 5.11. The predicted molar refractivity (Wildman–Crippen MR) is 83.7 cm³/mol. The number of hydrogen-bond donors (Lipinski definition) is 4. The van der Waals surface area contributed by atoms with Gasteiger partial charge >= 0.3 is 5.95 Å². The number of benzene rings is 1. The molecule has 5 N–H and O–H groups in total. The maximum atomic E-state index is 11.7. The smallest absolute Gasteiger partial charge is 0.322 e. The molecule has 0 fully saturated rings. The number of anilines is 1. The third-order valence-electron chi connectivity index (χ3n) is 3.30. The molecule has 0 spiro atoms. The van der Waals surface area contributed by atoms with Crippen molar-refractivity contribution in [3.8, 4) is 0 Å². The molecule has 2 rings (SSSR count). The second-order valence-corrected chi connectivity index (χ2v) is 5.11. The summed E-state index contributed by atoms with van der Waals surface area (Å²) in [6.45, 7) is 7.54. The highest BCUT2D eigenvalue weighted by molar-refractivity contribution is 5.89. The molecule has 6 heteroatoms. The number of nitrogens with two attached hydrogens (primary N) is 1. The Morgan fingerprint density at radius 1 is 1.29 bits per heavy atom. The van der Waals surface area contributed by atoms with Crippen molar-refractivity contribution < 1.29 is 4.99 Å². The lowest BCUT2D eigenvalue weighted by atomic mass is 10.1. The van der Waals surface area contributed by atoms with Crippen molar-refractivity contribution >= 4 is 17.6 Å². The van der Waals surface area contributed by atoms with Crippen LogP contribution in [-0.2, 0) is 0 Å². The normalized spacial score (nSPS) is 11.5. The molecule has 0 amide bonds. The molecule has 0 unspecified atom stereocenters. The van der Waals surface area contributed by atoms with E-state index in [0.717, 1.165) is 11.3 Å². The van der Waals surface area contributed by atoms with Crippen LogP contribution >= 0.6 is 0 Å². The summed E-state index contributed by atoms with van der Waals surface area (Å²) in [4.78, 5) is 21.4. The fourth-order valence-electron chi connectivity index (χ4n) is 1.96. The van der Waals surface area contributed by atoms with Crippen molar-refractivity contribution in [2.45, 2.75) is 27.7 Å².